The Balaban J connectivity index is 2.24. The van der Waals surface area contributed by atoms with Gasteiger partial charge in [0.2, 0.25) is 0 Å². The van der Waals surface area contributed by atoms with E-state index in [0.29, 0.717) is 30.4 Å². The van der Waals surface area contributed by atoms with Gasteiger partial charge in [-0.3, -0.25) is 4.79 Å². The largest absolute Gasteiger partial charge is 0.481 e. The number of halogens is 1. The van der Waals surface area contributed by atoms with Gasteiger partial charge < -0.3 is 9.94 Å². The molecule has 152 valence electrons. The Morgan fingerprint density at radius 3 is 2.75 bits per heavy atom. The Morgan fingerprint density at radius 2 is 2.14 bits per heavy atom. The minimum absolute atomic E-state index is 0.0905. The van der Waals surface area contributed by atoms with Crippen molar-refractivity contribution in [1.29, 1.82) is 0 Å². The average molecular weight is 404 g/mol. The molecule has 0 aliphatic heterocycles. The third-order valence-electron chi connectivity index (χ3n) is 6.84. The fourth-order valence-corrected chi connectivity index (χ4v) is 5.65. The summed E-state index contributed by atoms with van der Waals surface area (Å²) in [4.78, 5) is 17.7. The fraction of sp³-hybridized carbons (Fsp3) is 0.565. The van der Waals surface area contributed by atoms with E-state index >= 15 is 0 Å². The number of hydrogen-bond donors (Lipinski definition) is 1. The van der Waals surface area contributed by atoms with Crippen molar-refractivity contribution < 1.29 is 14.7 Å². The molecule has 1 fully saturated rings. The minimum atomic E-state index is -0.816. The van der Waals surface area contributed by atoms with E-state index in [9.17, 15) is 9.90 Å². The van der Waals surface area contributed by atoms with Gasteiger partial charge >= 0.3 is 5.97 Å². The lowest BCUT2D eigenvalue weighted by atomic mass is 9.49. The predicted molar refractivity (Wildman–Crippen MR) is 113 cm³/mol. The topological polar surface area (TPSA) is 58.9 Å². The molecule has 1 aromatic rings. The minimum Gasteiger partial charge on any atom is -0.481 e. The summed E-state index contributed by atoms with van der Waals surface area (Å²) in [6.45, 7) is 12.3. The number of nitrogens with zero attached hydrogens (tertiary/aromatic N) is 1. The predicted octanol–water partition coefficient (Wildman–Crippen LogP) is 5.92. The van der Waals surface area contributed by atoms with Crippen LogP contribution in [0.3, 0.4) is 0 Å². The zero-order chi connectivity index (χ0) is 20.7. The van der Waals surface area contributed by atoms with Crippen LogP contribution in [0.1, 0.15) is 76.0 Å². The molecular formula is C23H30ClNO3. The van der Waals surface area contributed by atoms with Crippen LogP contribution in [0.2, 0.25) is 5.02 Å². The van der Waals surface area contributed by atoms with Crippen LogP contribution in [0.15, 0.2) is 29.9 Å². The Hall–Kier alpha value is -1.81. The first kappa shape index (κ1) is 20.9. The molecule has 0 heterocycles. The monoisotopic (exact) mass is 403 g/mol. The quantitative estimate of drug-likeness (QED) is 0.377. The van der Waals surface area contributed by atoms with E-state index in [1.807, 2.05) is 13.0 Å². The second-order valence-electron chi connectivity index (χ2n) is 8.95. The van der Waals surface area contributed by atoms with Crippen molar-refractivity contribution in [2.75, 3.05) is 6.61 Å². The van der Waals surface area contributed by atoms with Gasteiger partial charge in [-0.1, -0.05) is 56.6 Å². The van der Waals surface area contributed by atoms with Crippen molar-refractivity contribution in [1.82, 2.24) is 0 Å². The van der Waals surface area contributed by atoms with Gasteiger partial charge in [0.1, 0.15) is 6.61 Å². The van der Waals surface area contributed by atoms with E-state index in [2.05, 4.69) is 38.6 Å². The highest BCUT2D eigenvalue weighted by Gasteiger charge is 2.57. The first-order valence-corrected chi connectivity index (χ1v) is 10.4. The third-order valence-corrected chi connectivity index (χ3v) is 7.14. The molecule has 0 radical (unpaired) electrons. The van der Waals surface area contributed by atoms with Crippen LogP contribution >= 0.6 is 11.6 Å². The molecule has 2 aliphatic rings. The zero-order valence-electron chi connectivity index (χ0n) is 17.2. The summed E-state index contributed by atoms with van der Waals surface area (Å²) in [6, 6.07) is 4.20. The van der Waals surface area contributed by atoms with Gasteiger partial charge in [-0.2, -0.15) is 0 Å². The van der Waals surface area contributed by atoms with Crippen LogP contribution in [-0.4, -0.2) is 23.4 Å². The molecule has 0 aromatic heterocycles. The van der Waals surface area contributed by atoms with Gasteiger partial charge in [0.25, 0.3) is 0 Å². The number of rotatable bonds is 5. The number of carbonyl (C=O) groups is 1. The number of carboxylic acid groups (broad SMARTS) is 1. The van der Waals surface area contributed by atoms with Crippen molar-refractivity contribution in [3.8, 4) is 0 Å². The molecular weight excluding hydrogens is 374 g/mol. The van der Waals surface area contributed by atoms with E-state index in [1.165, 1.54) is 0 Å². The number of fused-ring (bicyclic) bond motifs is 3. The molecule has 0 saturated heterocycles. The standard InChI is InChI=1S/C23H30ClNO3/c1-6-10-28-25-18-13-19-22(4,8-7-9-23(19,5)21(26)27)20-16(18)11-15(14(2)3)12-17(20)24/h6,11-12,14,19H,1,7-10,13H2,2-5H3,(H,26,27)/b25-18+/t19-,22+,23-/m1/s1. The summed E-state index contributed by atoms with van der Waals surface area (Å²) in [7, 11) is 0. The van der Waals surface area contributed by atoms with Gasteiger partial charge in [0.15, 0.2) is 0 Å². The van der Waals surface area contributed by atoms with Gasteiger partial charge in [0, 0.05) is 10.6 Å². The van der Waals surface area contributed by atoms with Crippen LogP contribution in [-0.2, 0) is 15.0 Å². The molecule has 2 aliphatic carbocycles. The lowest BCUT2D eigenvalue weighted by Crippen LogP contribution is -2.53. The van der Waals surface area contributed by atoms with E-state index in [4.69, 9.17) is 16.4 Å². The maximum absolute atomic E-state index is 12.3. The summed E-state index contributed by atoms with van der Waals surface area (Å²) >= 11 is 6.84. The Kier molecular flexibility index (Phi) is 5.64. The first-order chi connectivity index (χ1) is 13.1. The maximum Gasteiger partial charge on any atom is 0.309 e. The summed E-state index contributed by atoms with van der Waals surface area (Å²) in [5, 5.41) is 15.2. The zero-order valence-corrected chi connectivity index (χ0v) is 18.0. The van der Waals surface area contributed by atoms with Gasteiger partial charge in [0.05, 0.1) is 11.1 Å². The number of carboxylic acids is 1. The summed E-state index contributed by atoms with van der Waals surface area (Å²) < 4.78 is 0. The SMILES string of the molecule is C=CCO/N=C1\C[C@H]2[C@](C)(C(=O)O)CCC[C@]2(C)c2c(Cl)cc(C(C)C)cc21. The van der Waals surface area contributed by atoms with E-state index in [-0.39, 0.29) is 11.3 Å². The van der Waals surface area contributed by atoms with Crippen molar-refractivity contribution in [3.63, 3.8) is 0 Å². The smallest absolute Gasteiger partial charge is 0.309 e. The van der Waals surface area contributed by atoms with E-state index < -0.39 is 11.4 Å². The average Bonchev–Trinajstić information content (AvgIpc) is 2.62. The number of aliphatic carboxylic acids is 1. The number of benzene rings is 1. The maximum atomic E-state index is 12.3. The molecule has 4 nitrogen and oxygen atoms in total. The van der Waals surface area contributed by atoms with E-state index in [1.54, 1.807) is 6.08 Å². The van der Waals surface area contributed by atoms with Crippen LogP contribution < -0.4 is 0 Å². The first-order valence-electron chi connectivity index (χ1n) is 10.0. The lowest BCUT2D eigenvalue weighted by molar-refractivity contribution is -0.156. The highest BCUT2D eigenvalue weighted by Crippen LogP contribution is 2.59. The Labute approximate surface area is 172 Å². The van der Waals surface area contributed by atoms with Crippen LogP contribution in [0, 0.1) is 11.3 Å². The lowest BCUT2D eigenvalue weighted by Gasteiger charge is -2.53. The van der Waals surface area contributed by atoms with E-state index in [0.717, 1.165) is 35.2 Å². The molecule has 3 atom stereocenters. The highest BCUT2D eigenvalue weighted by molar-refractivity contribution is 6.32. The molecule has 5 heteroatoms. The van der Waals surface area contributed by atoms with Gasteiger partial charge in [-0.15, -0.1) is 0 Å². The van der Waals surface area contributed by atoms with Crippen molar-refractivity contribution in [2.24, 2.45) is 16.5 Å². The molecule has 28 heavy (non-hydrogen) atoms. The summed E-state index contributed by atoms with van der Waals surface area (Å²) in [5.74, 6) is -0.500. The second kappa shape index (κ2) is 7.55. The van der Waals surface area contributed by atoms with Crippen LogP contribution in [0.5, 0.6) is 0 Å². The highest BCUT2D eigenvalue weighted by atomic mass is 35.5. The van der Waals surface area contributed by atoms with Crippen molar-refractivity contribution in [2.45, 2.75) is 64.7 Å². The Bertz CT molecular complexity index is 831. The van der Waals surface area contributed by atoms with Crippen LogP contribution in [0.25, 0.3) is 0 Å². The van der Waals surface area contributed by atoms with Crippen molar-refractivity contribution in [3.05, 3.63) is 46.5 Å². The number of hydrogen-bond acceptors (Lipinski definition) is 3. The van der Waals surface area contributed by atoms with Crippen molar-refractivity contribution >= 4 is 23.3 Å². The number of oxime groups is 1. The molecule has 0 unspecified atom stereocenters. The molecule has 1 saturated carbocycles. The van der Waals surface area contributed by atoms with Gasteiger partial charge in [-0.05, 0) is 66.7 Å². The molecule has 0 spiro atoms. The molecule has 3 rings (SSSR count). The van der Waals surface area contributed by atoms with Gasteiger partial charge in [-0.25, -0.2) is 0 Å². The normalized spacial score (nSPS) is 30.6. The Morgan fingerprint density at radius 1 is 1.43 bits per heavy atom. The third kappa shape index (κ3) is 3.26. The molecule has 0 bridgehead atoms. The molecule has 0 amide bonds. The second-order valence-corrected chi connectivity index (χ2v) is 9.36. The molecule has 1 N–H and O–H groups in total. The van der Waals surface area contributed by atoms with Crippen LogP contribution in [0.4, 0.5) is 0 Å². The molecule has 1 aromatic carbocycles. The summed E-state index contributed by atoms with van der Waals surface area (Å²) in [5.41, 5.74) is 2.86. The summed E-state index contributed by atoms with van der Waals surface area (Å²) in [6.07, 6.45) is 4.69. The fourth-order valence-electron chi connectivity index (χ4n) is 5.21.